The van der Waals surface area contributed by atoms with Crippen molar-refractivity contribution in [2.45, 2.75) is 31.7 Å². The van der Waals surface area contributed by atoms with Gasteiger partial charge in [0.15, 0.2) is 0 Å². The summed E-state index contributed by atoms with van der Waals surface area (Å²) >= 11 is 0. The van der Waals surface area contributed by atoms with Crippen LogP contribution in [0.1, 0.15) is 30.4 Å². The number of sulfonamides is 1. The Balaban J connectivity index is 0.00000506. The van der Waals surface area contributed by atoms with Crippen LogP contribution < -0.4 is 15.2 Å². The molecule has 2 atom stereocenters. The van der Waals surface area contributed by atoms with Crippen LogP contribution in [-0.2, 0) is 30.8 Å². The van der Waals surface area contributed by atoms with Gasteiger partial charge in [0.2, 0.25) is 15.9 Å². The van der Waals surface area contributed by atoms with E-state index in [1.165, 1.54) is 12.7 Å². The second-order valence-electron chi connectivity index (χ2n) is 10.4. The lowest BCUT2D eigenvalue weighted by molar-refractivity contribution is -0.144. The van der Waals surface area contributed by atoms with Gasteiger partial charge in [0.25, 0.3) is 0 Å². The normalized spacial score (nSPS) is 16.3. The van der Waals surface area contributed by atoms with Gasteiger partial charge in [-0.25, -0.2) is 8.42 Å². The molecule has 3 aromatic carbocycles. The maximum atomic E-state index is 13.3. The van der Waals surface area contributed by atoms with Gasteiger partial charge in [-0.3, -0.25) is 19.7 Å². The summed E-state index contributed by atoms with van der Waals surface area (Å²) in [4.78, 5) is 27.0. The molecule has 0 unspecified atom stereocenters. The lowest BCUT2D eigenvalue weighted by Crippen LogP contribution is -2.38. The van der Waals surface area contributed by atoms with E-state index in [0.29, 0.717) is 24.3 Å². The number of methoxy groups -OCH3 is 1. The van der Waals surface area contributed by atoms with Gasteiger partial charge in [0.05, 0.1) is 37.4 Å². The van der Waals surface area contributed by atoms with Crippen molar-refractivity contribution in [3.05, 3.63) is 83.9 Å². The summed E-state index contributed by atoms with van der Waals surface area (Å²) < 4.78 is 37.9. The number of hydrogen-bond donors (Lipinski definition) is 3. The first kappa shape index (κ1) is 33.4. The van der Waals surface area contributed by atoms with Crippen molar-refractivity contribution >= 4 is 45.8 Å². The zero-order valence-electron chi connectivity index (χ0n) is 24.1. The number of ether oxygens (including phenoxy) is 2. The molecule has 0 aliphatic carbocycles. The Morgan fingerprint density at radius 2 is 1.74 bits per heavy atom. The first-order valence-electron chi connectivity index (χ1n) is 13.6. The summed E-state index contributed by atoms with van der Waals surface area (Å²) in [6.07, 6.45) is 3.03. The number of amidine groups is 1. The zero-order chi connectivity index (χ0) is 30.3. The van der Waals surface area contributed by atoms with Gasteiger partial charge in [-0.2, -0.15) is 0 Å². The van der Waals surface area contributed by atoms with E-state index in [0.717, 1.165) is 30.2 Å². The number of nitrogen functional groups attached to an aromatic ring is 1. The molecule has 1 fully saturated rings. The SMILES string of the molecule is COC(=O)C[C@@H]1C[C@@H](COc2ccc(-c3ccc(C(=N)N)cc3)cc2NS(C)(=O)=O)N(CCCc2ccccc2)C1=O.Cl. The van der Waals surface area contributed by atoms with Crippen molar-refractivity contribution in [3.8, 4) is 16.9 Å². The number of nitrogens with zero attached hydrogens (tertiary/aromatic N) is 1. The number of amides is 1. The largest absolute Gasteiger partial charge is 0.489 e. The maximum Gasteiger partial charge on any atom is 0.306 e. The van der Waals surface area contributed by atoms with E-state index in [4.69, 9.17) is 20.6 Å². The van der Waals surface area contributed by atoms with Crippen molar-refractivity contribution in [2.24, 2.45) is 11.7 Å². The van der Waals surface area contributed by atoms with E-state index in [2.05, 4.69) is 4.72 Å². The number of likely N-dealkylation sites (tertiary alicyclic amines) is 1. The van der Waals surface area contributed by atoms with E-state index in [9.17, 15) is 18.0 Å². The number of benzene rings is 3. The van der Waals surface area contributed by atoms with Crippen molar-refractivity contribution in [1.82, 2.24) is 4.90 Å². The number of carbonyl (C=O) groups excluding carboxylic acids is 2. The third kappa shape index (κ3) is 9.20. The quantitative estimate of drug-likeness (QED) is 0.146. The van der Waals surface area contributed by atoms with Crippen LogP contribution in [0.25, 0.3) is 11.1 Å². The van der Waals surface area contributed by atoms with Crippen LogP contribution in [0.15, 0.2) is 72.8 Å². The van der Waals surface area contributed by atoms with Gasteiger partial charge < -0.3 is 20.1 Å². The van der Waals surface area contributed by atoms with Crippen LogP contribution in [0.4, 0.5) is 5.69 Å². The minimum atomic E-state index is -3.63. The predicted molar refractivity (Wildman–Crippen MR) is 169 cm³/mol. The molecule has 1 aliphatic rings. The molecule has 3 aromatic rings. The van der Waals surface area contributed by atoms with E-state index >= 15 is 0 Å². The number of hydrogen-bond acceptors (Lipinski definition) is 7. The Morgan fingerprint density at radius 1 is 1.07 bits per heavy atom. The molecule has 1 amide bonds. The van der Waals surface area contributed by atoms with Gasteiger partial charge in [0, 0.05) is 12.1 Å². The van der Waals surface area contributed by atoms with Gasteiger partial charge in [-0.1, -0.05) is 60.7 Å². The molecule has 43 heavy (non-hydrogen) atoms. The molecule has 0 saturated carbocycles. The first-order chi connectivity index (χ1) is 20.0. The van der Waals surface area contributed by atoms with Crippen LogP contribution in [-0.4, -0.2) is 63.6 Å². The monoisotopic (exact) mass is 628 g/mol. The number of esters is 1. The number of aryl methyl sites for hydroxylation is 1. The molecule has 0 radical (unpaired) electrons. The summed E-state index contributed by atoms with van der Waals surface area (Å²) in [6.45, 7) is 0.628. The van der Waals surface area contributed by atoms with E-state index in [1.807, 2.05) is 36.4 Å². The van der Waals surface area contributed by atoms with E-state index in [1.54, 1.807) is 41.3 Å². The zero-order valence-corrected chi connectivity index (χ0v) is 25.7. The average molecular weight is 629 g/mol. The standard InChI is InChI=1S/C31H36N4O6S.ClH/c1-40-29(36)19-25-17-26(35(31(25)37)16-6-9-21-7-4-3-5-8-21)20-41-28-15-14-24(18-27(28)34-42(2,38)39)22-10-12-23(13-11-22)30(32)33;/h3-5,7-8,10-15,18,25-26,34H,6,9,16-17,19-20H2,1-2H3,(H3,32,33);1H/t25-,26-;/m0./s1. The second-order valence-corrected chi connectivity index (χ2v) is 12.1. The number of halogens is 1. The molecule has 4 N–H and O–H groups in total. The Labute approximate surface area is 258 Å². The highest BCUT2D eigenvalue weighted by atomic mass is 35.5. The number of anilines is 1. The molecular weight excluding hydrogens is 592 g/mol. The Bertz CT molecular complexity index is 1530. The highest BCUT2D eigenvalue weighted by Gasteiger charge is 2.40. The van der Waals surface area contributed by atoms with Crippen LogP contribution in [0.5, 0.6) is 5.75 Å². The minimum Gasteiger partial charge on any atom is -0.489 e. The van der Waals surface area contributed by atoms with E-state index in [-0.39, 0.29) is 48.9 Å². The summed E-state index contributed by atoms with van der Waals surface area (Å²) in [5.41, 5.74) is 9.12. The third-order valence-electron chi connectivity index (χ3n) is 7.21. The third-order valence-corrected chi connectivity index (χ3v) is 7.80. The fourth-order valence-electron chi connectivity index (χ4n) is 5.12. The molecule has 0 spiro atoms. The number of nitrogens with two attached hydrogens (primary N) is 1. The van der Waals surface area contributed by atoms with Crippen LogP contribution in [0.3, 0.4) is 0 Å². The number of rotatable bonds is 13. The molecular formula is C31H37ClN4O6S. The molecule has 1 heterocycles. The molecule has 4 rings (SSSR count). The molecule has 1 aliphatic heterocycles. The topological polar surface area (TPSA) is 152 Å². The van der Waals surface area contributed by atoms with Gasteiger partial charge in [0.1, 0.15) is 18.2 Å². The van der Waals surface area contributed by atoms with Crippen LogP contribution >= 0.6 is 12.4 Å². The lowest BCUT2D eigenvalue weighted by atomic mass is 10.0. The van der Waals surface area contributed by atoms with Crippen LogP contribution in [0, 0.1) is 11.3 Å². The minimum absolute atomic E-state index is 0. The second kappa shape index (κ2) is 14.9. The Hall–Kier alpha value is -4.09. The summed E-state index contributed by atoms with van der Waals surface area (Å²) in [5, 5.41) is 7.58. The van der Waals surface area contributed by atoms with Crippen molar-refractivity contribution in [2.75, 3.05) is 31.2 Å². The molecule has 0 bridgehead atoms. The summed E-state index contributed by atoms with van der Waals surface area (Å²) in [6, 6.07) is 21.9. The maximum absolute atomic E-state index is 13.3. The predicted octanol–water partition coefficient (Wildman–Crippen LogP) is 4.22. The fraction of sp³-hybridized carbons (Fsp3) is 0.323. The molecule has 0 aromatic heterocycles. The first-order valence-corrected chi connectivity index (χ1v) is 15.5. The average Bonchev–Trinajstić information content (AvgIpc) is 3.25. The van der Waals surface area contributed by atoms with Gasteiger partial charge in [-0.15, -0.1) is 12.4 Å². The smallest absolute Gasteiger partial charge is 0.306 e. The van der Waals surface area contributed by atoms with Crippen molar-refractivity contribution in [3.63, 3.8) is 0 Å². The number of carbonyl (C=O) groups is 2. The molecule has 10 nitrogen and oxygen atoms in total. The molecule has 1 saturated heterocycles. The van der Waals surface area contributed by atoms with Gasteiger partial charge in [-0.05, 0) is 48.1 Å². The van der Waals surface area contributed by atoms with E-state index < -0.39 is 21.9 Å². The highest BCUT2D eigenvalue weighted by Crippen LogP contribution is 2.34. The van der Waals surface area contributed by atoms with Crippen LogP contribution in [0.2, 0.25) is 0 Å². The lowest BCUT2D eigenvalue weighted by Gasteiger charge is -2.25. The fourth-order valence-corrected chi connectivity index (χ4v) is 5.68. The molecule has 230 valence electrons. The Kier molecular flexibility index (Phi) is 11.6. The van der Waals surface area contributed by atoms with Gasteiger partial charge >= 0.3 is 5.97 Å². The number of nitrogens with one attached hydrogen (secondary N) is 2. The summed E-state index contributed by atoms with van der Waals surface area (Å²) in [5.74, 6) is -0.779. The van der Waals surface area contributed by atoms with Crippen molar-refractivity contribution in [1.29, 1.82) is 5.41 Å². The Morgan fingerprint density at radius 3 is 2.37 bits per heavy atom. The molecule has 12 heteroatoms. The highest BCUT2D eigenvalue weighted by molar-refractivity contribution is 7.92. The van der Waals surface area contributed by atoms with Crippen molar-refractivity contribution < 1.29 is 27.5 Å². The summed E-state index contributed by atoms with van der Waals surface area (Å²) in [7, 11) is -2.32.